The number of carbonyl (C=O) groups is 3. The first-order chi connectivity index (χ1) is 15.9. The minimum absolute atomic E-state index is 0.0809. The van der Waals surface area contributed by atoms with Crippen LogP contribution in [0.2, 0.25) is 0 Å². The van der Waals surface area contributed by atoms with E-state index in [9.17, 15) is 14.4 Å². The Kier molecular flexibility index (Phi) is 10.4. The summed E-state index contributed by atoms with van der Waals surface area (Å²) in [5.74, 6) is -0.291. The van der Waals surface area contributed by atoms with Gasteiger partial charge >= 0.3 is 5.97 Å². The number of hydrazine groups is 1. The quantitative estimate of drug-likeness (QED) is 0.221. The molecule has 0 fully saturated rings. The molecule has 0 radical (unpaired) electrons. The number of esters is 1. The van der Waals surface area contributed by atoms with E-state index in [4.69, 9.17) is 26.4 Å². The zero-order valence-corrected chi connectivity index (χ0v) is 19.1. The number of ether oxygens (including phenoxy) is 3. The van der Waals surface area contributed by atoms with Crippen molar-refractivity contribution >= 4 is 41.2 Å². The molecule has 33 heavy (non-hydrogen) atoms. The Morgan fingerprint density at radius 2 is 1.64 bits per heavy atom. The summed E-state index contributed by atoms with van der Waals surface area (Å²) in [6, 6.07) is 13.4. The molecule has 0 aliphatic heterocycles. The van der Waals surface area contributed by atoms with Crippen LogP contribution in [-0.4, -0.2) is 43.2 Å². The van der Waals surface area contributed by atoms with Gasteiger partial charge in [-0.25, -0.2) is 4.79 Å². The zero-order valence-electron chi connectivity index (χ0n) is 18.3. The number of thiocarbonyl (C=S) groups is 1. The van der Waals surface area contributed by atoms with Gasteiger partial charge in [0.25, 0.3) is 5.91 Å². The van der Waals surface area contributed by atoms with Gasteiger partial charge in [-0.3, -0.25) is 25.8 Å². The van der Waals surface area contributed by atoms with Crippen LogP contribution in [0.25, 0.3) is 6.08 Å². The lowest BCUT2D eigenvalue weighted by Crippen LogP contribution is -2.49. The van der Waals surface area contributed by atoms with Crippen molar-refractivity contribution in [2.45, 2.75) is 13.3 Å². The first-order valence-corrected chi connectivity index (χ1v) is 10.4. The third-order valence-corrected chi connectivity index (χ3v) is 4.20. The molecule has 2 amide bonds. The van der Waals surface area contributed by atoms with Crippen molar-refractivity contribution in [3.05, 3.63) is 65.7 Å². The van der Waals surface area contributed by atoms with Crippen molar-refractivity contribution in [1.29, 1.82) is 0 Å². The third-order valence-electron chi connectivity index (χ3n) is 3.99. The van der Waals surface area contributed by atoms with Gasteiger partial charge in [0.1, 0.15) is 11.5 Å². The molecular weight excluding hydrogens is 446 g/mol. The van der Waals surface area contributed by atoms with Crippen LogP contribution in [0.1, 0.15) is 29.3 Å². The molecule has 0 unspecified atom stereocenters. The molecule has 2 aromatic rings. The summed E-state index contributed by atoms with van der Waals surface area (Å²) in [7, 11) is 1.57. The SMILES string of the molecule is CCCOC(=O)c1ccc(OCC(=O)NNC(=S)NC(=O)/C=C/c2ccc(OC)cc2)cc1. The lowest BCUT2D eigenvalue weighted by Gasteiger charge is -2.11. The van der Waals surface area contributed by atoms with Crippen molar-refractivity contribution in [2.75, 3.05) is 20.3 Å². The highest BCUT2D eigenvalue weighted by Crippen LogP contribution is 2.13. The Hall–Kier alpha value is -3.92. The number of nitrogens with one attached hydrogen (secondary N) is 3. The normalized spacial score (nSPS) is 10.2. The Bertz CT molecular complexity index is 990. The van der Waals surface area contributed by atoms with Gasteiger partial charge in [-0.1, -0.05) is 19.1 Å². The molecule has 0 bridgehead atoms. The van der Waals surface area contributed by atoms with Crippen LogP contribution >= 0.6 is 12.2 Å². The minimum atomic E-state index is -0.521. The summed E-state index contributed by atoms with van der Waals surface area (Å²) in [4.78, 5) is 35.6. The van der Waals surface area contributed by atoms with Gasteiger partial charge in [-0.2, -0.15) is 0 Å². The van der Waals surface area contributed by atoms with E-state index < -0.39 is 17.8 Å². The molecule has 2 aromatic carbocycles. The van der Waals surface area contributed by atoms with Crippen LogP contribution in [0, 0.1) is 0 Å². The highest BCUT2D eigenvalue weighted by molar-refractivity contribution is 7.80. The maximum atomic E-state index is 11.9. The first-order valence-electron chi connectivity index (χ1n) is 10.0. The number of benzene rings is 2. The number of hydrogen-bond donors (Lipinski definition) is 3. The molecule has 0 atom stereocenters. The van der Waals surface area contributed by atoms with Crippen molar-refractivity contribution < 1.29 is 28.6 Å². The standard InChI is InChI=1S/C23H25N3O6S/c1-3-14-31-22(29)17-7-11-19(12-8-17)32-15-21(28)25-26-23(33)24-20(27)13-6-16-4-9-18(30-2)10-5-16/h4-13H,3,14-15H2,1-2H3,(H,25,28)(H2,24,26,27,33)/b13-6+. The fourth-order valence-electron chi connectivity index (χ4n) is 2.35. The number of methoxy groups -OCH3 is 1. The van der Waals surface area contributed by atoms with E-state index in [1.165, 1.54) is 6.08 Å². The molecule has 0 spiro atoms. The fourth-order valence-corrected chi connectivity index (χ4v) is 2.50. The Morgan fingerprint density at radius 3 is 2.27 bits per heavy atom. The largest absolute Gasteiger partial charge is 0.497 e. The van der Waals surface area contributed by atoms with Crippen molar-refractivity contribution in [3.8, 4) is 11.5 Å². The van der Waals surface area contributed by atoms with E-state index in [-0.39, 0.29) is 11.7 Å². The monoisotopic (exact) mass is 471 g/mol. The van der Waals surface area contributed by atoms with Gasteiger partial charge in [0.05, 0.1) is 19.3 Å². The number of amides is 2. The number of hydrogen-bond acceptors (Lipinski definition) is 7. The summed E-state index contributed by atoms with van der Waals surface area (Å²) in [6.07, 6.45) is 3.66. The lowest BCUT2D eigenvalue weighted by molar-refractivity contribution is -0.123. The second-order valence-electron chi connectivity index (χ2n) is 6.55. The first kappa shape index (κ1) is 25.3. The van der Waals surface area contributed by atoms with Gasteiger partial charge in [0, 0.05) is 6.08 Å². The van der Waals surface area contributed by atoms with Crippen LogP contribution < -0.4 is 25.6 Å². The molecule has 10 heteroatoms. The zero-order chi connectivity index (χ0) is 24.1. The molecule has 9 nitrogen and oxygen atoms in total. The van der Waals surface area contributed by atoms with Gasteiger partial charge < -0.3 is 14.2 Å². The van der Waals surface area contributed by atoms with Crippen LogP contribution in [0.4, 0.5) is 0 Å². The molecule has 0 aliphatic carbocycles. The fraction of sp³-hybridized carbons (Fsp3) is 0.217. The number of rotatable bonds is 9. The number of carbonyl (C=O) groups excluding carboxylic acids is 3. The highest BCUT2D eigenvalue weighted by atomic mass is 32.1. The van der Waals surface area contributed by atoms with Gasteiger partial charge in [0.15, 0.2) is 11.7 Å². The van der Waals surface area contributed by atoms with Crippen LogP contribution in [-0.2, 0) is 14.3 Å². The van der Waals surface area contributed by atoms with Crippen LogP contribution in [0.5, 0.6) is 11.5 Å². The Morgan fingerprint density at radius 1 is 0.970 bits per heavy atom. The molecule has 174 valence electrons. The average Bonchev–Trinajstić information content (AvgIpc) is 2.84. The van der Waals surface area contributed by atoms with Gasteiger partial charge in [0.2, 0.25) is 5.91 Å². The van der Waals surface area contributed by atoms with Crippen LogP contribution in [0.3, 0.4) is 0 Å². The molecule has 0 heterocycles. The second kappa shape index (κ2) is 13.5. The van der Waals surface area contributed by atoms with E-state index >= 15 is 0 Å². The molecule has 3 N–H and O–H groups in total. The third kappa shape index (κ3) is 9.40. The lowest BCUT2D eigenvalue weighted by atomic mass is 10.2. The molecule has 0 saturated heterocycles. The van der Waals surface area contributed by atoms with E-state index in [2.05, 4.69) is 16.2 Å². The summed E-state index contributed by atoms with van der Waals surface area (Å²) in [5, 5.41) is 2.32. The smallest absolute Gasteiger partial charge is 0.338 e. The maximum Gasteiger partial charge on any atom is 0.338 e. The predicted molar refractivity (Wildman–Crippen MR) is 127 cm³/mol. The maximum absolute atomic E-state index is 11.9. The Balaban J connectivity index is 1.68. The highest BCUT2D eigenvalue weighted by Gasteiger charge is 2.08. The van der Waals surface area contributed by atoms with Crippen molar-refractivity contribution in [2.24, 2.45) is 0 Å². The van der Waals surface area contributed by atoms with Gasteiger partial charge in [-0.15, -0.1) is 0 Å². The van der Waals surface area contributed by atoms with Crippen molar-refractivity contribution in [1.82, 2.24) is 16.2 Å². The van der Waals surface area contributed by atoms with E-state index in [0.717, 1.165) is 12.0 Å². The van der Waals surface area contributed by atoms with Crippen molar-refractivity contribution in [3.63, 3.8) is 0 Å². The van der Waals surface area contributed by atoms with E-state index in [1.54, 1.807) is 61.7 Å². The van der Waals surface area contributed by atoms with E-state index in [1.807, 2.05) is 6.92 Å². The molecule has 0 aliphatic rings. The summed E-state index contributed by atoms with van der Waals surface area (Å²) in [6.45, 7) is 1.96. The summed E-state index contributed by atoms with van der Waals surface area (Å²) < 4.78 is 15.5. The predicted octanol–water partition coefficient (Wildman–Crippen LogP) is 2.38. The molecule has 0 aromatic heterocycles. The Labute approximate surface area is 197 Å². The topological polar surface area (TPSA) is 115 Å². The van der Waals surface area contributed by atoms with Crippen LogP contribution in [0.15, 0.2) is 54.6 Å². The summed E-state index contributed by atoms with van der Waals surface area (Å²) >= 11 is 4.97. The molecule has 2 rings (SSSR count). The minimum Gasteiger partial charge on any atom is -0.497 e. The molecule has 0 saturated carbocycles. The van der Waals surface area contributed by atoms with E-state index in [0.29, 0.717) is 23.7 Å². The summed E-state index contributed by atoms with van der Waals surface area (Å²) in [5.41, 5.74) is 5.93. The van der Waals surface area contributed by atoms with Gasteiger partial charge in [-0.05, 0) is 66.7 Å². The average molecular weight is 472 g/mol. The second-order valence-corrected chi connectivity index (χ2v) is 6.96. The molecular formula is C23H25N3O6S.